The average Bonchev–Trinajstić information content (AvgIpc) is 2.80. The van der Waals surface area contributed by atoms with Crippen LogP contribution in [-0.2, 0) is 6.42 Å². The summed E-state index contributed by atoms with van der Waals surface area (Å²) in [5.41, 5.74) is 7.26. The first kappa shape index (κ1) is 21.4. The highest BCUT2D eigenvalue weighted by atomic mass is 14.9. The molecule has 0 aliphatic heterocycles. The summed E-state index contributed by atoms with van der Waals surface area (Å²) in [6.07, 6.45) is 24.9. The monoisotopic (exact) mass is 393 g/mol. The molecule has 0 radical (unpaired) electrons. The van der Waals surface area contributed by atoms with Gasteiger partial charge in [0.25, 0.3) is 0 Å². The van der Waals surface area contributed by atoms with E-state index in [1.807, 2.05) is 13.0 Å². The van der Waals surface area contributed by atoms with E-state index < -0.39 is 0 Å². The van der Waals surface area contributed by atoms with Crippen molar-refractivity contribution in [1.29, 1.82) is 0 Å². The molecule has 1 aliphatic rings. The zero-order valence-electron chi connectivity index (χ0n) is 18.0. The SMILES string of the molecule is C/C=C\C=C/Cc1ccc(Nc2ccc(C(/C=C\C3=CCCC=C3)=C/C)cc2)cc1. The van der Waals surface area contributed by atoms with Gasteiger partial charge in [-0.1, -0.05) is 85.0 Å². The molecule has 1 nitrogen and oxygen atoms in total. The molecule has 152 valence electrons. The van der Waals surface area contributed by atoms with Gasteiger partial charge in [-0.05, 0) is 79.6 Å². The molecule has 2 aromatic rings. The van der Waals surface area contributed by atoms with Gasteiger partial charge in [-0.3, -0.25) is 0 Å². The summed E-state index contributed by atoms with van der Waals surface area (Å²) in [6.45, 7) is 4.12. The van der Waals surface area contributed by atoms with Crippen molar-refractivity contribution in [2.45, 2.75) is 33.1 Å². The maximum absolute atomic E-state index is 3.49. The van der Waals surface area contributed by atoms with E-state index in [-0.39, 0.29) is 0 Å². The molecule has 0 unspecified atom stereocenters. The normalized spacial score (nSPS) is 14.7. The fraction of sp³-hybridized carbons (Fsp3) is 0.172. The fourth-order valence-corrected chi connectivity index (χ4v) is 3.33. The number of nitrogens with one attached hydrogen (secondary N) is 1. The summed E-state index contributed by atoms with van der Waals surface area (Å²) in [5.74, 6) is 0. The molecule has 1 N–H and O–H groups in total. The van der Waals surface area contributed by atoms with Crippen molar-refractivity contribution >= 4 is 16.9 Å². The summed E-state index contributed by atoms with van der Waals surface area (Å²) in [7, 11) is 0. The van der Waals surface area contributed by atoms with E-state index in [2.05, 4.69) is 115 Å². The Morgan fingerprint density at radius 2 is 1.63 bits per heavy atom. The van der Waals surface area contributed by atoms with Gasteiger partial charge in [0, 0.05) is 11.4 Å². The van der Waals surface area contributed by atoms with Crippen molar-refractivity contribution in [2.24, 2.45) is 0 Å². The van der Waals surface area contributed by atoms with Crippen LogP contribution in [-0.4, -0.2) is 0 Å². The Labute approximate surface area is 181 Å². The van der Waals surface area contributed by atoms with Gasteiger partial charge in [0.05, 0.1) is 0 Å². The van der Waals surface area contributed by atoms with Crippen LogP contribution in [0.3, 0.4) is 0 Å². The van der Waals surface area contributed by atoms with Gasteiger partial charge in [-0.25, -0.2) is 0 Å². The van der Waals surface area contributed by atoms with E-state index in [4.69, 9.17) is 0 Å². The van der Waals surface area contributed by atoms with E-state index >= 15 is 0 Å². The molecular weight excluding hydrogens is 362 g/mol. The van der Waals surface area contributed by atoms with Gasteiger partial charge >= 0.3 is 0 Å². The topological polar surface area (TPSA) is 12.0 Å². The number of anilines is 2. The summed E-state index contributed by atoms with van der Waals surface area (Å²) in [6, 6.07) is 17.2. The second-order valence-corrected chi connectivity index (χ2v) is 7.32. The summed E-state index contributed by atoms with van der Waals surface area (Å²) in [5, 5.41) is 3.49. The molecule has 1 heteroatoms. The van der Waals surface area contributed by atoms with Crippen LogP contribution in [0.4, 0.5) is 11.4 Å². The Morgan fingerprint density at radius 1 is 0.900 bits per heavy atom. The van der Waals surface area contributed by atoms with Crippen molar-refractivity contribution in [3.63, 3.8) is 0 Å². The predicted molar refractivity (Wildman–Crippen MR) is 133 cm³/mol. The van der Waals surface area contributed by atoms with Crippen LogP contribution in [0.25, 0.3) is 5.57 Å². The Hall–Kier alpha value is -3.32. The minimum Gasteiger partial charge on any atom is -0.356 e. The minimum atomic E-state index is 0.950. The third-order valence-electron chi connectivity index (χ3n) is 5.04. The van der Waals surface area contributed by atoms with Crippen LogP contribution in [0.5, 0.6) is 0 Å². The highest BCUT2D eigenvalue weighted by Gasteiger charge is 2.00. The van der Waals surface area contributed by atoms with Gasteiger partial charge in [-0.15, -0.1) is 0 Å². The summed E-state index contributed by atoms with van der Waals surface area (Å²) >= 11 is 0. The van der Waals surface area contributed by atoms with Crippen LogP contribution in [0.15, 0.2) is 115 Å². The standard InChI is InChI=1S/C29H31N/c1-3-5-6-8-13-25-15-20-28(21-16-25)30-29-22-18-27(19-23-29)26(4-2)17-14-24-11-9-7-10-12-24/h3-6,8-9,11-12,14-23,30H,7,10,13H2,1-2H3/b5-3-,8-6-,17-14-,26-4+. The smallest absolute Gasteiger partial charge is 0.0384 e. The Morgan fingerprint density at radius 3 is 2.27 bits per heavy atom. The zero-order chi connectivity index (χ0) is 21.0. The van der Waals surface area contributed by atoms with Gasteiger partial charge in [0.1, 0.15) is 0 Å². The van der Waals surface area contributed by atoms with E-state index in [0.29, 0.717) is 0 Å². The zero-order valence-corrected chi connectivity index (χ0v) is 18.0. The lowest BCUT2D eigenvalue weighted by atomic mass is 10.0. The average molecular weight is 394 g/mol. The molecule has 0 atom stereocenters. The van der Waals surface area contributed by atoms with E-state index in [0.717, 1.165) is 30.6 Å². The molecule has 1 aliphatic carbocycles. The largest absolute Gasteiger partial charge is 0.356 e. The molecule has 0 fully saturated rings. The van der Waals surface area contributed by atoms with Crippen molar-refractivity contribution in [1.82, 2.24) is 0 Å². The van der Waals surface area contributed by atoms with Crippen LogP contribution in [0.1, 0.15) is 37.8 Å². The quantitative estimate of drug-likeness (QED) is 0.444. The number of hydrogen-bond acceptors (Lipinski definition) is 1. The van der Waals surface area contributed by atoms with Gasteiger partial charge in [0.2, 0.25) is 0 Å². The third kappa shape index (κ3) is 6.63. The predicted octanol–water partition coefficient (Wildman–Crippen LogP) is 8.34. The maximum Gasteiger partial charge on any atom is 0.0384 e. The van der Waals surface area contributed by atoms with Gasteiger partial charge in [0.15, 0.2) is 0 Å². The van der Waals surface area contributed by atoms with Crippen molar-refractivity contribution < 1.29 is 0 Å². The second-order valence-electron chi connectivity index (χ2n) is 7.32. The second kappa shape index (κ2) is 11.6. The van der Waals surface area contributed by atoms with Crippen LogP contribution in [0, 0.1) is 0 Å². The molecule has 0 saturated heterocycles. The lowest BCUT2D eigenvalue weighted by Gasteiger charge is -2.09. The van der Waals surface area contributed by atoms with E-state index in [1.165, 1.54) is 22.3 Å². The summed E-state index contributed by atoms with van der Waals surface area (Å²) in [4.78, 5) is 0. The van der Waals surface area contributed by atoms with Gasteiger partial charge in [-0.2, -0.15) is 0 Å². The molecule has 30 heavy (non-hydrogen) atoms. The summed E-state index contributed by atoms with van der Waals surface area (Å²) < 4.78 is 0. The maximum atomic E-state index is 3.49. The lowest BCUT2D eigenvalue weighted by Crippen LogP contribution is -1.91. The Kier molecular flexibility index (Phi) is 8.29. The Bertz CT molecular complexity index is 978. The molecular formula is C29H31N. The van der Waals surface area contributed by atoms with Crippen LogP contribution >= 0.6 is 0 Å². The first-order valence-corrected chi connectivity index (χ1v) is 10.7. The number of benzene rings is 2. The molecule has 0 aromatic heterocycles. The number of hydrogen-bond donors (Lipinski definition) is 1. The first-order valence-electron chi connectivity index (χ1n) is 10.7. The molecule has 0 heterocycles. The number of allylic oxidation sites excluding steroid dienone is 12. The Balaban J connectivity index is 1.60. The number of rotatable bonds is 8. The molecule has 0 amide bonds. The van der Waals surface area contributed by atoms with Crippen molar-refractivity contribution in [3.8, 4) is 0 Å². The highest BCUT2D eigenvalue weighted by Crippen LogP contribution is 2.23. The molecule has 0 spiro atoms. The van der Waals surface area contributed by atoms with Crippen LogP contribution in [0.2, 0.25) is 0 Å². The molecule has 2 aromatic carbocycles. The van der Waals surface area contributed by atoms with Gasteiger partial charge < -0.3 is 5.32 Å². The van der Waals surface area contributed by atoms with Crippen LogP contribution < -0.4 is 5.32 Å². The van der Waals surface area contributed by atoms with Crippen molar-refractivity contribution in [3.05, 3.63) is 126 Å². The highest BCUT2D eigenvalue weighted by molar-refractivity contribution is 5.76. The van der Waals surface area contributed by atoms with E-state index in [1.54, 1.807) is 0 Å². The first-order chi connectivity index (χ1) is 14.8. The molecule has 0 bridgehead atoms. The molecule has 0 saturated carbocycles. The lowest BCUT2D eigenvalue weighted by molar-refractivity contribution is 1.03. The van der Waals surface area contributed by atoms with Crippen molar-refractivity contribution in [2.75, 3.05) is 5.32 Å². The fourth-order valence-electron chi connectivity index (χ4n) is 3.33. The minimum absolute atomic E-state index is 0.950. The third-order valence-corrected chi connectivity index (χ3v) is 5.04. The molecule has 3 rings (SSSR count). The van der Waals surface area contributed by atoms with E-state index in [9.17, 15) is 0 Å².